The summed E-state index contributed by atoms with van der Waals surface area (Å²) in [7, 11) is 0. The molecular weight excluding hydrogens is 188 g/mol. The highest BCUT2D eigenvalue weighted by atomic mass is 35.5. The van der Waals surface area contributed by atoms with Gasteiger partial charge in [0.15, 0.2) is 5.78 Å². The Morgan fingerprint density at radius 3 is 2.54 bits per heavy atom. The fraction of sp³-hybridized carbons (Fsp3) is 0.300. The molecule has 0 bridgehead atoms. The largest absolute Gasteiger partial charge is 0.374 e. The number of ether oxygens (including phenoxy) is 1. The molecule has 13 heavy (non-hydrogen) atoms. The Hall–Kier alpha value is -0.860. The standard InChI is InChI=1S/C10H11ClO2/c1-2-13-7-10(12)8-3-5-9(11)6-4-8/h3-6H,2,7H2,1H3. The summed E-state index contributed by atoms with van der Waals surface area (Å²) in [5, 5.41) is 0.632. The summed E-state index contributed by atoms with van der Waals surface area (Å²) in [6, 6.07) is 6.79. The van der Waals surface area contributed by atoms with Crippen molar-refractivity contribution < 1.29 is 9.53 Å². The zero-order valence-corrected chi connectivity index (χ0v) is 8.17. The molecule has 0 radical (unpaired) electrons. The molecule has 2 nitrogen and oxygen atoms in total. The molecule has 0 aliphatic carbocycles. The quantitative estimate of drug-likeness (QED) is 0.696. The maximum atomic E-state index is 11.3. The Labute approximate surface area is 82.5 Å². The first kappa shape index (κ1) is 10.2. The molecule has 0 amide bonds. The number of benzene rings is 1. The van der Waals surface area contributed by atoms with Gasteiger partial charge < -0.3 is 4.74 Å². The number of hydrogen-bond donors (Lipinski definition) is 0. The van der Waals surface area contributed by atoms with Crippen LogP contribution in [0.2, 0.25) is 5.02 Å². The molecule has 0 spiro atoms. The van der Waals surface area contributed by atoms with Crippen LogP contribution >= 0.6 is 11.6 Å². The number of rotatable bonds is 4. The Kier molecular flexibility index (Phi) is 3.93. The molecule has 0 aromatic heterocycles. The average Bonchev–Trinajstić information content (AvgIpc) is 2.15. The van der Waals surface area contributed by atoms with Crippen LogP contribution in [0, 0.1) is 0 Å². The predicted octanol–water partition coefficient (Wildman–Crippen LogP) is 2.56. The van der Waals surface area contributed by atoms with Crippen molar-refractivity contribution in [2.45, 2.75) is 6.92 Å². The summed E-state index contributed by atoms with van der Waals surface area (Å²) in [4.78, 5) is 11.3. The van der Waals surface area contributed by atoms with Crippen LogP contribution in [0.15, 0.2) is 24.3 Å². The van der Waals surface area contributed by atoms with Crippen LogP contribution in [0.5, 0.6) is 0 Å². The number of carbonyl (C=O) groups excluding carboxylic acids is 1. The third-order valence-electron chi connectivity index (χ3n) is 1.60. The van der Waals surface area contributed by atoms with Gasteiger partial charge in [0.2, 0.25) is 0 Å². The monoisotopic (exact) mass is 198 g/mol. The maximum absolute atomic E-state index is 11.3. The molecule has 70 valence electrons. The minimum absolute atomic E-state index is 0.0153. The van der Waals surface area contributed by atoms with Crippen LogP contribution in [0.25, 0.3) is 0 Å². The second-order valence-electron chi connectivity index (χ2n) is 2.57. The fourth-order valence-corrected chi connectivity index (χ4v) is 1.04. The summed E-state index contributed by atoms with van der Waals surface area (Å²) in [5.41, 5.74) is 0.637. The first-order valence-corrected chi connectivity index (χ1v) is 4.48. The molecule has 1 aromatic carbocycles. The highest BCUT2D eigenvalue weighted by molar-refractivity contribution is 6.30. The molecule has 1 rings (SSSR count). The maximum Gasteiger partial charge on any atom is 0.188 e. The van der Waals surface area contributed by atoms with E-state index in [4.69, 9.17) is 16.3 Å². The molecule has 0 aliphatic rings. The Morgan fingerprint density at radius 1 is 1.38 bits per heavy atom. The normalized spacial score (nSPS) is 10.0. The van der Waals surface area contributed by atoms with Crippen LogP contribution in [-0.4, -0.2) is 19.0 Å². The smallest absolute Gasteiger partial charge is 0.188 e. The van der Waals surface area contributed by atoms with E-state index in [9.17, 15) is 4.79 Å². The van der Waals surface area contributed by atoms with Gasteiger partial charge in [0.05, 0.1) is 0 Å². The Morgan fingerprint density at radius 2 is 2.00 bits per heavy atom. The van der Waals surface area contributed by atoms with E-state index in [0.717, 1.165) is 0 Å². The van der Waals surface area contributed by atoms with Gasteiger partial charge in [-0.05, 0) is 31.2 Å². The van der Waals surface area contributed by atoms with Gasteiger partial charge in [0, 0.05) is 17.2 Å². The summed E-state index contributed by atoms with van der Waals surface area (Å²) in [6.07, 6.45) is 0. The van der Waals surface area contributed by atoms with E-state index >= 15 is 0 Å². The van der Waals surface area contributed by atoms with Gasteiger partial charge in [0.1, 0.15) is 6.61 Å². The zero-order valence-electron chi connectivity index (χ0n) is 7.42. The third-order valence-corrected chi connectivity index (χ3v) is 1.86. The molecule has 1 aromatic rings. The van der Waals surface area contributed by atoms with Crippen LogP contribution in [0.1, 0.15) is 17.3 Å². The Balaban J connectivity index is 2.61. The van der Waals surface area contributed by atoms with Crippen molar-refractivity contribution in [1.82, 2.24) is 0 Å². The SMILES string of the molecule is CCOCC(=O)c1ccc(Cl)cc1. The first-order chi connectivity index (χ1) is 6.24. The van der Waals surface area contributed by atoms with Crippen molar-refractivity contribution in [3.8, 4) is 0 Å². The van der Waals surface area contributed by atoms with Gasteiger partial charge in [-0.1, -0.05) is 11.6 Å². The molecule has 0 aliphatic heterocycles. The third kappa shape index (κ3) is 3.17. The summed E-state index contributed by atoms with van der Waals surface area (Å²) in [6.45, 7) is 2.55. The van der Waals surface area contributed by atoms with Crippen molar-refractivity contribution in [2.24, 2.45) is 0 Å². The van der Waals surface area contributed by atoms with Gasteiger partial charge in [0.25, 0.3) is 0 Å². The molecular formula is C10H11ClO2. The lowest BCUT2D eigenvalue weighted by Crippen LogP contribution is -2.08. The topological polar surface area (TPSA) is 26.3 Å². The van der Waals surface area contributed by atoms with Gasteiger partial charge in [-0.3, -0.25) is 4.79 Å². The second-order valence-corrected chi connectivity index (χ2v) is 3.00. The van der Waals surface area contributed by atoms with E-state index in [1.54, 1.807) is 24.3 Å². The lowest BCUT2D eigenvalue weighted by molar-refractivity contribution is 0.0783. The van der Waals surface area contributed by atoms with Crippen molar-refractivity contribution in [2.75, 3.05) is 13.2 Å². The molecule has 0 unspecified atom stereocenters. The van der Waals surface area contributed by atoms with Crippen LogP contribution in [-0.2, 0) is 4.74 Å². The Bertz CT molecular complexity index is 279. The van der Waals surface area contributed by atoms with E-state index in [2.05, 4.69) is 0 Å². The summed E-state index contributed by atoms with van der Waals surface area (Å²) in [5.74, 6) is -0.0153. The van der Waals surface area contributed by atoms with Gasteiger partial charge in [-0.15, -0.1) is 0 Å². The van der Waals surface area contributed by atoms with E-state index in [1.165, 1.54) is 0 Å². The van der Waals surface area contributed by atoms with E-state index in [1.807, 2.05) is 6.92 Å². The molecule has 0 heterocycles. The molecule has 0 N–H and O–H groups in total. The number of halogens is 1. The van der Waals surface area contributed by atoms with Crippen molar-refractivity contribution in [3.63, 3.8) is 0 Å². The number of carbonyl (C=O) groups is 1. The average molecular weight is 199 g/mol. The lowest BCUT2D eigenvalue weighted by atomic mass is 10.1. The highest BCUT2D eigenvalue weighted by Gasteiger charge is 2.04. The van der Waals surface area contributed by atoms with E-state index < -0.39 is 0 Å². The fourth-order valence-electron chi connectivity index (χ4n) is 0.914. The van der Waals surface area contributed by atoms with Crippen LogP contribution in [0.4, 0.5) is 0 Å². The van der Waals surface area contributed by atoms with Crippen molar-refractivity contribution >= 4 is 17.4 Å². The molecule has 3 heteroatoms. The lowest BCUT2D eigenvalue weighted by Gasteiger charge is -2.00. The highest BCUT2D eigenvalue weighted by Crippen LogP contribution is 2.09. The molecule has 0 atom stereocenters. The van der Waals surface area contributed by atoms with Crippen LogP contribution < -0.4 is 0 Å². The second kappa shape index (κ2) is 5.00. The minimum Gasteiger partial charge on any atom is -0.374 e. The van der Waals surface area contributed by atoms with Crippen LogP contribution in [0.3, 0.4) is 0 Å². The van der Waals surface area contributed by atoms with Gasteiger partial charge >= 0.3 is 0 Å². The predicted molar refractivity (Wildman–Crippen MR) is 52.3 cm³/mol. The summed E-state index contributed by atoms with van der Waals surface area (Å²) < 4.78 is 5.00. The van der Waals surface area contributed by atoms with E-state index in [0.29, 0.717) is 17.2 Å². The van der Waals surface area contributed by atoms with Gasteiger partial charge in [-0.25, -0.2) is 0 Å². The van der Waals surface area contributed by atoms with E-state index in [-0.39, 0.29) is 12.4 Å². The number of Topliss-reactive ketones (excluding diaryl/α,β-unsaturated/α-hetero) is 1. The first-order valence-electron chi connectivity index (χ1n) is 4.10. The van der Waals surface area contributed by atoms with Crippen molar-refractivity contribution in [3.05, 3.63) is 34.9 Å². The molecule has 0 saturated carbocycles. The molecule has 0 fully saturated rings. The minimum atomic E-state index is -0.0153. The van der Waals surface area contributed by atoms with Crippen molar-refractivity contribution in [1.29, 1.82) is 0 Å². The summed E-state index contributed by atoms with van der Waals surface area (Å²) >= 11 is 5.68. The number of ketones is 1. The molecule has 0 saturated heterocycles. The van der Waals surface area contributed by atoms with Gasteiger partial charge in [-0.2, -0.15) is 0 Å². The number of hydrogen-bond acceptors (Lipinski definition) is 2. The zero-order chi connectivity index (χ0) is 9.68.